The van der Waals surface area contributed by atoms with Crippen molar-refractivity contribution in [1.29, 1.82) is 0 Å². The van der Waals surface area contributed by atoms with Crippen LogP contribution < -0.4 is 16.0 Å². The Morgan fingerprint density at radius 1 is 1.14 bits per heavy atom. The molecule has 150 valence electrons. The predicted molar refractivity (Wildman–Crippen MR) is 115 cm³/mol. The first-order valence-corrected chi connectivity index (χ1v) is 10.4. The largest absolute Gasteiger partial charge is 0.374 e. The molecule has 29 heavy (non-hydrogen) atoms. The molecule has 2 aromatic carbocycles. The summed E-state index contributed by atoms with van der Waals surface area (Å²) in [4.78, 5) is 16.0. The van der Waals surface area contributed by atoms with Crippen LogP contribution in [-0.4, -0.2) is 29.1 Å². The van der Waals surface area contributed by atoms with Crippen LogP contribution in [-0.2, 0) is 11.3 Å². The first-order chi connectivity index (χ1) is 14.1. The van der Waals surface area contributed by atoms with Gasteiger partial charge < -0.3 is 20.7 Å². The molecule has 0 spiro atoms. The van der Waals surface area contributed by atoms with Crippen LogP contribution in [0, 0.1) is 5.92 Å². The lowest BCUT2D eigenvalue weighted by molar-refractivity contribution is -0.120. The van der Waals surface area contributed by atoms with Crippen molar-refractivity contribution in [1.82, 2.24) is 15.6 Å². The smallest absolute Gasteiger partial charge is 0.227 e. The Balaban J connectivity index is 1.45. The van der Waals surface area contributed by atoms with E-state index in [-0.39, 0.29) is 11.8 Å². The van der Waals surface area contributed by atoms with Gasteiger partial charge in [-0.3, -0.25) is 10.1 Å². The summed E-state index contributed by atoms with van der Waals surface area (Å²) in [7, 11) is 0. The monoisotopic (exact) mass is 410 g/mol. The van der Waals surface area contributed by atoms with E-state index in [1.165, 1.54) is 0 Å². The molecular weight excluding hydrogens is 388 g/mol. The fourth-order valence-corrected chi connectivity index (χ4v) is 4.58. The minimum absolute atomic E-state index is 0.0689. The van der Waals surface area contributed by atoms with Gasteiger partial charge in [-0.2, -0.15) is 0 Å². The Labute approximate surface area is 173 Å². The van der Waals surface area contributed by atoms with Crippen molar-refractivity contribution in [3.8, 4) is 11.3 Å². The first-order valence-electron chi connectivity index (χ1n) is 9.97. The SMILES string of the molecule is O=C(Nc1ccc2[nH]c(-c3ccc(Cl)c4c3C(O)NC4)cc2c1)C1CCNCC1. The number of hydrogen-bond acceptors (Lipinski definition) is 4. The molecule has 0 aliphatic carbocycles. The van der Waals surface area contributed by atoms with Gasteiger partial charge >= 0.3 is 0 Å². The van der Waals surface area contributed by atoms with Crippen molar-refractivity contribution in [3.05, 3.63) is 52.5 Å². The van der Waals surface area contributed by atoms with E-state index < -0.39 is 6.23 Å². The lowest BCUT2D eigenvalue weighted by atomic mass is 9.97. The Kier molecular flexibility index (Phi) is 4.80. The van der Waals surface area contributed by atoms with Crippen LogP contribution in [0.5, 0.6) is 0 Å². The maximum Gasteiger partial charge on any atom is 0.227 e. The number of H-pyrrole nitrogens is 1. The van der Waals surface area contributed by atoms with Crippen molar-refractivity contribution in [2.45, 2.75) is 25.6 Å². The maximum absolute atomic E-state index is 12.5. The van der Waals surface area contributed by atoms with Crippen LogP contribution in [0.25, 0.3) is 22.2 Å². The van der Waals surface area contributed by atoms with Gasteiger partial charge in [0.1, 0.15) is 6.23 Å². The highest BCUT2D eigenvalue weighted by Gasteiger charge is 2.26. The van der Waals surface area contributed by atoms with E-state index >= 15 is 0 Å². The van der Waals surface area contributed by atoms with Gasteiger partial charge in [-0.05, 0) is 61.8 Å². The normalized spacial score (nSPS) is 19.4. The summed E-state index contributed by atoms with van der Waals surface area (Å²) >= 11 is 6.30. The number of carbonyl (C=O) groups excluding carboxylic acids is 1. The Bertz CT molecular complexity index is 1090. The van der Waals surface area contributed by atoms with E-state index in [1.807, 2.05) is 36.4 Å². The molecule has 1 fully saturated rings. The van der Waals surface area contributed by atoms with Gasteiger partial charge in [0, 0.05) is 50.9 Å². The van der Waals surface area contributed by atoms with E-state index in [0.29, 0.717) is 11.6 Å². The molecule has 0 bridgehead atoms. The molecule has 2 aliphatic heterocycles. The number of aromatic amines is 1. The quantitative estimate of drug-likeness (QED) is 0.457. The fourth-order valence-electron chi connectivity index (χ4n) is 4.35. The van der Waals surface area contributed by atoms with Crippen molar-refractivity contribution in [2.75, 3.05) is 18.4 Å². The molecule has 0 saturated carbocycles. The summed E-state index contributed by atoms with van der Waals surface area (Å²) in [5.74, 6) is 0.158. The molecule has 1 aromatic heterocycles. The van der Waals surface area contributed by atoms with E-state index in [2.05, 4.69) is 20.9 Å². The molecule has 7 heteroatoms. The van der Waals surface area contributed by atoms with Crippen LogP contribution in [0.2, 0.25) is 5.02 Å². The van der Waals surface area contributed by atoms with Crippen LogP contribution in [0.1, 0.15) is 30.2 Å². The average molecular weight is 411 g/mol. The number of carbonyl (C=O) groups is 1. The summed E-state index contributed by atoms with van der Waals surface area (Å²) in [5.41, 5.74) is 5.38. The number of anilines is 1. The molecule has 6 nitrogen and oxygen atoms in total. The maximum atomic E-state index is 12.5. The second-order valence-corrected chi connectivity index (χ2v) is 8.18. The highest BCUT2D eigenvalue weighted by atomic mass is 35.5. The second-order valence-electron chi connectivity index (χ2n) is 7.77. The molecule has 2 aliphatic rings. The number of amides is 1. The highest BCUT2D eigenvalue weighted by molar-refractivity contribution is 6.31. The number of aliphatic hydroxyl groups is 1. The second kappa shape index (κ2) is 7.46. The molecule has 5 N–H and O–H groups in total. The molecule has 3 aromatic rings. The van der Waals surface area contributed by atoms with Gasteiger partial charge in [0.25, 0.3) is 0 Å². The molecule has 1 saturated heterocycles. The number of benzene rings is 2. The molecule has 1 atom stereocenters. The fraction of sp³-hybridized carbons (Fsp3) is 0.318. The van der Waals surface area contributed by atoms with E-state index in [0.717, 1.165) is 64.9 Å². The number of piperidine rings is 1. The van der Waals surface area contributed by atoms with E-state index in [4.69, 9.17) is 11.6 Å². The van der Waals surface area contributed by atoms with Gasteiger partial charge in [-0.15, -0.1) is 0 Å². The number of aliphatic hydroxyl groups excluding tert-OH is 1. The van der Waals surface area contributed by atoms with Crippen LogP contribution >= 0.6 is 11.6 Å². The van der Waals surface area contributed by atoms with Gasteiger partial charge in [-0.25, -0.2) is 0 Å². The third-order valence-electron chi connectivity index (χ3n) is 5.93. The minimum Gasteiger partial charge on any atom is -0.374 e. The van der Waals surface area contributed by atoms with Gasteiger partial charge in [0.15, 0.2) is 0 Å². The van der Waals surface area contributed by atoms with Crippen molar-refractivity contribution in [3.63, 3.8) is 0 Å². The molecule has 5 rings (SSSR count). The average Bonchev–Trinajstić information content (AvgIpc) is 3.33. The third kappa shape index (κ3) is 3.42. The summed E-state index contributed by atoms with van der Waals surface area (Å²) in [6, 6.07) is 11.7. The van der Waals surface area contributed by atoms with Gasteiger partial charge in [-0.1, -0.05) is 17.7 Å². The zero-order valence-corrected chi connectivity index (χ0v) is 16.6. The van der Waals surface area contributed by atoms with Crippen LogP contribution in [0.4, 0.5) is 5.69 Å². The zero-order valence-electron chi connectivity index (χ0n) is 15.9. The summed E-state index contributed by atoms with van der Waals surface area (Å²) < 4.78 is 0. The van der Waals surface area contributed by atoms with Crippen molar-refractivity contribution in [2.24, 2.45) is 5.92 Å². The molecule has 3 heterocycles. The lowest BCUT2D eigenvalue weighted by Gasteiger charge is -2.21. The topological polar surface area (TPSA) is 89.2 Å². The highest BCUT2D eigenvalue weighted by Crippen LogP contribution is 2.38. The number of nitrogens with one attached hydrogen (secondary N) is 4. The van der Waals surface area contributed by atoms with Gasteiger partial charge in [0.2, 0.25) is 5.91 Å². The van der Waals surface area contributed by atoms with Crippen molar-refractivity contribution < 1.29 is 9.90 Å². The molecule has 0 radical (unpaired) electrons. The Morgan fingerprint density at radius 3 is 2.79 bits per heavy atom. The summed E-state index contributed by atoms with van der Waals surface area (Å²) in [6.45, 7) is 2.34. The zero-order chi connectivity index (χ0) is 20.0. The minimum atomic E-state index is -0.732. The number of hydrogen-bond donors (Lipinski definition) is 5. The number of halogens is 1. The number of rotatable bonds is 3. The van der Waals surface area contributed by atoms with E-state index in [9.17, 15) is 9.90 Å². The van der Waals surface area contributed by atoms with E-state index in [1.54, 1.807) is 0 Å². The summed E-state index contributed by atoms with van der Waals surface area (Å²) in [5, 5.41) is 21.4. The Hall–Kier alpha value is -2.38. The standard InChI is InChI=1S/C22H23ClN4O2/c23-17-3-2-15(20-16(17)11-25-22(20)29)19-10-13-9-14(1-4-18(13)27-19)26-21(28)12-5-7-24-8-6-12/h1-4,9-10,12,22,24-25,27,29H,5-8,11H2,(H,26,28). The first kappa shape index (κ1) is 18.6. The number of aromatic nitrogens is 1. The van der Waals surface area contributed by atoms with Crippen LogP contribution in [0.15, 0.2) is 36.4 Å². The Morgan fingerprint density at radius 2 is 1.97 bits per heavy atom. The lowest BCUT2D eigenvalue weighted by Crippen LogP contribution is -2.34. The molecule has 1 unspecified atom stereocenters. The van der Waals surface area contributed by atoms with Crippen LogP contribution in [0.3, 0.4) is 0 Å². The molecular formula is C22H23ClN4O2. The third-order valence-corrected chi connectivity index (χ3v) is 6.29. The predicted octanol–water partition coefficient (Wildman–Crippen LogP) is 3.52. The number of fused-ring (bicyclic) bond motifs is 2. The molecule has 1 amide bonds. The summed E-state index contributed by atoms with van der Waals surface area (Å²) in [6.07, 6.45) is 1.02. The van der Waals surface area contributed by atoms with Gasteiger partial charge in [0.05, 0.1) is 0 Å². The van der Waals surface area contributed by atoms with Crippen molar-refractivity contribution >= 4 is 34.1 Å².